The highest BCUT2D eigenvalue weighted by molar-refractivity contribution is 7.91. The van der Waals surface area contributed by atoms with Gasteiger partial charge in [0.2, 0.25) is 17.7 Å². The first kappa shape index (κ1) is 25.7. The average Bonchev–Trinajstić information content (AvgIpc) is 3.30. The number of carbonyl (C=O) groups is 1. The van der Waals surface area contributed by atoms with Gasteiger partial charge in [-0.15, -0.1) is 10.2 Å². The topological polar surface area (TPSA) is 123 Å². The van der Waals surface area contributed by atoms with Gasteiger partial charge in [-0.25, -0.2) is 17.2 Å². The molecule has 0 spiro atoms. The van der Waals surface area contributed by atoms with Gasteiger partial charge in [0.15, 0.2) is 9.84 Å². The Balaban J connectivity index is 1.54. The molecular weight excluding hydrogens is 528 g/mol. The molecule has 2 aromatic carbocycles. The Labute approximate surface area is 217 Å². The number of halogens is 3. The van der Waals surface area contributed by atoms with Gasteiger partial charge in [0.1, 0.15) is 0 Å². The second kappa shape index (κ2) is 9.43. The van der Waals surface area contributed by atoms with Crippen LogP contribution in [0.1, 0.15) is 23.8 Å². The van der Waals surface area contributed by atoms with Crippen LogP contribution in [0, 0.1) is 0 Å². The number of hydrogen-bond acceptors (Lipinski definition) is 8. The summed E-state index contributed by atoms with van der Waals surface area (Å²) in [5.74, 6) is -4.54. The number of nitrogens with zero attached hydrogens (tertiary/aromatic N) is 4. The summed E-state index contributed by atoms with van der Waals surface area (Å²) in [5, 5.41) is 8.53. The number of rotatable bonds is 4. The highest BCUT2D eigenvalue weighted by Crippen LogP contribution is 2.38. The quantitative estimate of drug-likeness (QED) is 0.525. The van der Waals surface area contributed by atoms with Gasteiger partial charge in [-0.1, -0.05) is 23.7 Å². The molecule has 1 aromatic heterocycles. The summed E-state index contributed by atoms with van der Waals surface area (Å²) in [7, 11) is -2.29. The maximum absolute atomic E-state index is 14.1. The molecule has 2 N–H and O–H groups in total. The summed E-state index contributed by atoms with van der Waals surface area (Å²) in [6, 6.07) is 9.85. The molecule has 2 atom stereocenters. The normalized spacial score (nSPS) is 23.5. The number of fused-ring (bicyclic) bond motifs is 1. The minimum Gasteiger partial charge on any atom is -0.420 e. The SMILES string of the molecule is CN1CC(c2nnc(-c3ccc4c(c3)N(Cc3ccc(Cl)cc3)C(=O)[C@@H](N)CS4(=O)=O)o2)CC(F)(F)C1. The molecule has 37 heavy (non-hydrogen) atoms. The lowest BCUT2D eigenvalue weighted by atomic mass is 9.95. The maximum Gasteiger partial charge on any atom is 0.261 e. The van der Waals surface area contributed by atoms with E-state index in [1.165, 1.54) is 28.0 Å². The number of likely N-dealkylation sites (N-methyl/N-ethyl adjacent to an activating group) is 1. The monoisotopic (exact) mass is 551 g/mol. The van der Waals surface area contributed by atoms with Gasteiger partial charge < -0.3 is 15.1 Å². The summed E-state index contributed by atoms with van der Waals surface area (Å²) < 4.78 is 60.0. The smallest absolute Gasteiger partial charge is 0.261 e. The Morgan fingerprint density at radius 1 is 1.19 bits per heavy atom. The maximum atomic E-state index is 14.1. The summed E-state index contributed by atoms with van der Waals surface area (Å²) in [4.78, 5) is 16.0. The third-order valence-corrected chi connectivity index (χ3v) is 8.50. The van der Waals surface area contributed by atoms with E-state index in [1.54, 1.807) is 31.3 Å². The second-order valence-corrected chi connectivity index (χ2v) is 12.0. The van der Waals surface area contributed by atoms with Crippen molar-refractivity contribution < 1.29 is 26.4 Å². The molecule has 0 saturated carbocycles. The van der Waals surface area contributed by atoms with Crippen molar-refractivity contribution in [1.82, 2.24) is 15.1 Å². The predicted molar refractivity (Wildman–Crippen MR) is 132 cm³/mol. The molecule has 0 bridgehead atoms. The van der Waals surface area contributed by atoms with Crippen LogP contribution in [0.4, 0.5) is 14.5 Å². The van der Waals surface area contributed by atoms with Crippen molar-refractivity contribution in [2.24, 2.45) is 5.73 Å². The van der Waals surface area contributed by atoms with E-state index in [0.29, 0.717) is 22.7 Å². The first-order chi connectivity index (χ1) is 17.4. The van der Waals surface area contributed by atoms with Crippen LogP contribution in [0.3, 0.4) is 0 Å². The molecule has 0 radical (unpaired) electrons. The molecule has 196 valence electrons. The third kappa shape index (κ3) is 5.24. The van der Waals surface area contributed by atoms with Crippen molar-refractivity contribution in [2.45, 2.75) is 35.7 Å². The number of piperidine rings is 1. The Bertz CT molecular complexity index is 1450. The lowest BCUT2D eigenvalue weighted by Crippen LogP contribution is -2.45. The first-order valence-electron chi connectivity index (χ1n) is 11.5. The number of likely N-dealkylation sites (tertiary alicyclic amines) is 1. The van der Waals surface area contributed by atoms with Crippen molar-refractivity contribution in [2.75, 3.05) is 30.8 Å². The van der Waals surface area contributed by atoms with Crippen LogP contribution < -0.4 is 10.6 Å². The molecule has 3 aromatic rings. The Hall–Kier alpha value is -2.93. The standard InChI is InChI=1S/C24H24ClF2N5O4S/c1-31-11-16(9-24(26,27)13-31)22-30-29-21(36-22)15-4-7-20-19(8-15)32(10-14-2-5-17(25)6-3-14)23(33)18(28)12-37(20,34)35/h2-8,16,18H,9-13,28H2,1H3/t16?,18-/m0/s1. The van der Waals surface area contributed by atoms with Crippen LogP contribution >= 0.6 is 11.6 Å². The third-order valence-electron chi connectivity index (χ3n) is 6.44. The molecule has 3 heterocycles. The van der Waals surface area contributed by atoms with Gasteiger partial charge in [-0.05, 0) is 42.9 Å². The van der Waals surface area contributed by atoms with E-state index < -0.39 is 45.8 Å². The number of anilines is 1. The highest BCUT2D eigenvalue weighted by Gasteiger charge is 2.42. The largest absolute Gasteiger partial charge is 0.420 e. The molecule has 2 aliphatic rings. The van der Waals surface area contributed by atoms with E-state index in [0.717, 1.165) is 0 Å². The molecule has 1 fully saturated rings. The number of nitrogens with two attached hydrogens (primary N) is 1. The molecule has 2 aliphatic heterocycles. The summed E-state index contributed by atoms with van der Waals surface area (Å²) in [5.41, 5.74) is 7.14. The molecule has 1 unspecified atom stereocenters. The van der Waals surface area contributed by atoms with Gasteiger partial charge >= 0.3 is 0 Å². The van der Waals surface area contributed by atoms with Crippen LogP contribution in [0.25, 0.3) is 11.5 Å². The van der Waals surface area contributed by atoms with Crippen molar-refractivity contribution in [3.8, 4) is 11.5 Å². The molecule has 0 aliphatic carbocycles. The van der Waals surface area contributed by atoms with Crippen molar-refractivity contribution in [3.05, 3.63) is 58.9 Å². The molecule has 1 amide bonds. The summed E-state index contributed by atoms with van der Waals surface area (Å²) >= 11 is 5.97. The fourth-order valence-electron chi connectivity index (χ4n) is 4.78. The summed E-state index contributed by atoms with van der Waals surface area (Å²) in [6.45, 7) is 0.0403. The highest BCUT2D eigenvalue weighted by atomic mass is 35.5. The van der Waals surface area contributed by atoms with E-state index in [-0.39, 0.29) is 35.5 Å². The van der Waals surface area contributed by atoms with E-state index in [9.17, 15) is 22.0 Å². The van der Waals surface area contributed by atoms with Crippen molar-refractivity contribution >= 4 is 33.0 Å². The molecule has 1 saturated heterocycles. The van der Waals surface area contributed by atoms with E-state index in [4.69, 9.17) is 21.8 Å². The van der Waals surface area contributed by atoms with Crippen LogP contribution in [-0.4, -0.2) is 67.3 Å². The van der Waals surface area contributed by atoms with E-state index in [2.05, 4.69) is 10.2 Å². The molecule has 13 heteroatoms. The number of alkyl halides is 2. The second-order valence-electron chi connectivity index (χ2n) is 9.52. The van der Waals surface area contributed by atoms with Crippen LogP contribution in [0.5, 0.6) is 0 Å². The van der Waals surface area contributed by atoms with E-state index in [1.807, 2.05) is 0 Å². The van der Waals surface area contributed by atoms with Crippen molar-refractivity contribution in [1.29, 1.82) is 0 Å². The average molecular weight is 552 g/mol. The first-order valence-corrected chi connectivity index (χ1v) is 13.5. The van der Waals surface area contributed by atoms with Gasteiger partial charge in [0.25, 0.3) is 5.92 Å². The Kier molecular flexibility index (Phi) is 6.55. The van der Waals surface area contributed by atoms with Crippen molar-refractivity contribution in [3.63, 3.8) is 0 Å². The number of aromatic nitrogens is 2. The number of sulfone groups is 1. The zero-order valence-electron chi connectivity index (χ0n) is 19.8. The molecular formula is C24H24ClF2N5O4S. The minimum atomic E-state index is -3.89. The van der Waals surface area contributed by atoms with Gasteiger partial charge in [-0.2, -0.15) is 0 Å². The number of benzene rings is 2. The zero-order chi connectivity index (χ0) is 26.5. The number of carbonyl (C=O) groups excluding carboxylic acids is 1. The fraction of sp³-hybridized carbons (Fsp3) is 0.375. The lowest BCUT2D eigenvalue weighted by molar-refractivity contribution is -0.119. The summed E-state index contributed by atoms with van der Waals surface area (Å²) in [6.07, 6.45) is -0.414. The fourth-order valence-corrected chi connectivity index (χ4v) is 6.47. The minimum absolute atomic E-state index is 0.0270. The van der Waals surface area contributed by atoms with Crippen LogP contribution in [0.2, 0.25) is 5.02 Å². The predicted octanol–water partition coefficient (Wildman–Crippen LogP) is 3.09. The number of hydrogen-bond donors (Lipinski definition) is 1. The lowest BCUT2D eigenvalue weighted by Gasteiger charge is -2.33. The Morgan fingerprint density at radius 2 is 1.92 bits per heavy atom. The van der Waals surface area contributed by atoms with Gasteiger partial charge in [0, 0.05) is 23.6 Å². The zero-order valence-corrected chi connectivity index (χ0v) is 21.3. The van der Waals surface area contributed by atoms with Crippen LogP contribution in [0.15, 0.2) is 51.8 Å². The molecule has 5 rings (SSSR count). The Morgan fingerprint density at radius 3 is 2.62 bits per heavy atom. The van der Waals surface area contributed by atoms with Crippen LogP contribution in [-0.2, 0) is 21.2 Å². The van der Waals surface area contributed by atoms with E-state index >= 15 is 0 Å². The van der Waals surface area contributed by atoms with Gasteiger partial charge in [0.05, 0.1) is 41.4 Å². The number of amides is 1. The molecule has 9 nitrogen and oxygen atoms in total. The van der Waals surface area contributed by atoms with Gasteiger partial charge in [-0.3, -0.25) is 9.69 Å².